The average molecular weight is 446 g/mol. The van der Waals surface area contributed by atoms with Crippen molar-refractivity contribution in [1.82, 2.24) is 10.3 Å². The molecule has 2 aromatic carbocycles. The van der Waals surface area contributed by atoms with Crippen molar-refractivity contribution in [3.63, 3.8) is 0 Å². The first-order valence-corrected chi connectivity index (χ1v) is 10.8. The number of likely N-dealkylation sites (N-methyl/N-ethyl adjacent to an activating group) is 1. The zero-order valence-electron chi connectivity index (χ0n) is 18.9. The molecule has 0 fully saturated rings. The summed E-state index contributed by atoms with van der Waals surface area (Å²) >= 11 is 0. The lowest BCUT2D eigenvalue weighted by atomic mass is 10.0. The number of aliphatic hydroxyl groups is 1. The van der Waals surface area contributed by atoms with Crippen LogP contribution in [-0.4, -0.2) is 47.2 Å². The second-order valence-corrected chi connectivity index (χ2v) is 8.81. The van der Waals surface area contributed by atoms with Crippen LogP contribution in [0.3, 0.4) is 0 Å². The third-order valence-corrected chi connectivity index (χ3v) is 5.47. The van der Waals surface area contributed by atoms with Crippen LogP contribution in [0.5, 0.6) is 5.75 Å². The summed E-state index contributed by atoms with van der Waals surface area (Å²) in [4.78, 5) is 31.6. The van der Waals surface area contributed by atoms with Crippen LogP contribution in [0, 0.1) is 0 Å². The van der Waals surface area contributed by atoms with Crippen molar-refractivity contribution in [2.45, 2.75) is 31.9 Å². The molecule has 3 aromatic rings. The number of nitrogens with one attached hydrogen (secondary N) is 1. The Morgan fingerprint density at radius 3 is 2.55 bits per heavy atom. The number of fused-ring (bicyclic) bond motifs is 1. The Labute approximate surface area is 193 Å². The number of amides is 2. The summed E-state index contributed by atoms with van der Waals surface area (Å²) < 4.78 is 5.88. The second kappa shape index (κ2) is 9.03. The van der Waals surface area contributed by atoms with Gasteiger partial charge in [0.05, 0.1) is 11.3 Å². The molecule has 0 aliphatic carbocycles. The van der Waals surface area contributed by atoms with Crippen molar-refractivity contribution >= 4 is 17.5 Å². The molecular weight excluding hydrogens is 418 g/mol. The highest BCUT2D eigenvalue weighted by molar-refractivity contribution is 6.03. The van der Waals surface area contributed by atoms with E-state index in [9.17, 15) is 14.7 Å². The van der Waals surface area contributed by atoms with Crippen molar-refractivity contribution in [3.05, 3.63) is 78.1 Å². The summed E-state index contributed by atoms with van der Waals surface area (Å²) in [5.41, 5.74) is 2.84. The quantitative estimate of drug-likeness (QED) is 0.629. The Bertz CT molecular complexity index is 1150. The molecule has 0 bridgehead atoms. The maximum atomic E-state index is 13.1. The topological polar surface area (TPSA) is 91.8 Å². The number of nitrogens with zero attached hydrogens (tertiary/aromatic N) is 2. The highest BCUT2D eigenvalue weighted by atomic mass is 16.5. The van der Waals surface area contributed by atoms with Gasteiger partial charge in [0.1, 0.15) is 18.4 Å². The molecule has 2 heterocycles. The fourth-order valence-corrected chi connectivity index (χ4v) is 3.76. The molecule has 33 heavy (non-hydrogen) atoms. The normalized spacial score (nSPS) is 15.9. The fraction of sp³-hybridized carbons (Fsp3) is 0.269. The number of anilines is 1. The van der Waals surface area contributed by atoms with E-state index in [1.54, 1.807) is 51.4 Å². The van der Waals surface area contributed by atoms with Crippen molar-refractivity contribution in [2.75, 3.05) is 18.6 Å². The Morgan fingerprint density at radius 1 is 1.15 bits per heavy atom. The molecule has 2 N–H and O–H groups in total. The third kappa shape index (κ3) is 5.21. The molecule has 7 heteroatoms. The van der Waals surface area contributed by atoms with Crippen LogP contribution in [0.2, 0.25) is 0 Å². The number of benzene rings is 2. The summed E-state index contributed by atoms with van der Waals surface area (Å²) in [5.74, 6) is -0.0127. The number of hydrogen-bond donors (Lipinski definition) is 2. The minimum absolute atomic E-state index is 0.0429. The first kappa shape index (κ1) is 22.5. The van der Waals surface area contributed by atoms with Crippen LogP contribution in [0.15, 0.2) is 66.9 Å². The van der Waals surface area contributed by atoms with E-state index in [-0.39, 0.29) is 18.4 Å². The van der Waals surface area contributed by atoms with Gasteiger partial charge in [0.15, 0.2) is 0 Å². The van der Waals surface area contributed by atoms with Gasteiger partial charge in [-0.3, -0.25) is 14.6 Å². The molecular formula is C26H27N3O4. The number of carbonyl (C=O) groups is 2. The zero-order chi connectivity index (χ0) is 23.6. The van der Waals surface area contributed by atoms with Gasteiger partial charge in [-0.1, -0.05) is 30.3 Å². The first-order valence-electron chi connectivity index (χ1n) is 10.8. The lowest BCUT2D eigenvalue weighted by Gasteiger charge is -2.21. The van der Waals surface area contributed by atoms with Gasteiger partial charge < -0.3 is 20.1 Å². The highest BCUT2D eigenvalue weighted by Gasteiger charge is 2.31. The van der Waals surface area contributed by atoms with Crippen LogP contribution in [0.25, 0.3) is 11.1 Å². The smallest absolute Gasteiger partial charge is 0.252 e. The predicted molar refractivity (Wildman–Crippen MR) is 126 cm³/mol. The SMILES string of the molecule is CN1C(=O)C(NC(=O)c2ccccc2)COc2ccc(-c3ccc(CC(C)(C)O)nc3)cc21. The molecule has 1 aromatic heterocycles. The number of aromatic nitrogens is 1. The summed E-state index contributed by atoms with van der Waals surface area (Å²) in [5, 5.41) is 12.8. The second-order valence-electron chi connectivity index (χ2n) is 8.81. The predicted octanol–water partition coefficient (Wildman–Crippen LogP) is 3.22. The van der Waals surface area contributed by atoms with Crippen molar-refractivity contribution in [3.8, 4) is 16.9 Å². The van der Waals surface area contributed by atoms with Gasteiger partial charge in [-0.05, 0) is 49.7 Å². The molecule has 7 nitrogen and oxygen atoms in total. The molecule has 2 amide bonds. The fourth-order valence-electron chi connectivity index (χ4n) is 3.76. The summed E-state index contributed by atoms with van der Waals surface area (Å²) in [6, 6.07) is 17.4. The largest absolute Gasteiger partial charge is 0.489 e. The van der Waals surface area contributed by atoms with Crippen LogP contribution < -0.4 is 15.0 Å². The Kier molecular flexibility index (Phi) is 6.16. The van der Waals surface area contributed by atoms with Crippen LogP contribution in [0.4, 0.5) is 5.69 Å². The first-order chi connectivity index (χ1) is 15.7. The van der Waals surface area contributed by atoms with Gasteiger partial charge in [0.25, 0.3) is 11.8 Å². The average Bonchev–Trinajstić information content (AvgIpc) is 2.91. The molecule has 1 aliphatic heterocycles. The van der Waals surface area contributed by atoms with E-state index in [0.717, 1.165) is 16.8 Å². The lowest BCUT2D eigenvalue weighted by Crippen LogP contribution is -2.49. The highest BCUT2D eigenvalue weighted by Crippen LogP contribution is 2.35. The Hall–Kier alpha value is -3.71. The minimum Gasteiger partial charge on any atom is -0.489 e. The van der Waals surface area contributed by atoms with Crippen LogP contribution in [-0.2, 0) is 11.2 Å². The number of pyridine rings is 1. The van der Waals surface area contributed by atoms with Gasteiger partial charge >= 0.3 is 0 Å². The van der Waals surface area contributed by atoms with E-state index in [2.05, 4.69) is 10.3 Å². The van der Waals surface area contributed by atoms with Gasteiger partial charge in [-0.15, -0.1) is 0 Å². The Balaban J connectivity index is 1.53. The van der Waals surface area contributed by atoms with Gasteiger partial charge in [0, 0.05) is 36.5 Å². The van der Waals surface area contributed by atoms with E-state index in [0.29, 0.717) is 23.4 Å². The monoisotopic (exact) mass is 445 g/mol. The molecule has 0 saturated heterocycles. The molecule has 170 valence electrons. The van der Waals surface area contributed by atoms with Gasteiger partial charge in [-0.2, -0.15) is 0 Å². The van der Waals surface area contributed by atoms with Crippen molar-refractivity contribution in [1.29, 1.82) is 0 Å². The van der Waals surface area contributed by atoms with E-state index >= 15 is 0 Å². The number of hydrogen-bond acceptors (Lipinski definition) is 5. The summed E-state index contributed by atoms with van der Waals surface area (Å²) in [6.07, 6.45) is 2.21. The van der Waals surface area contributed by atoms with E-state index < -0.39 is 11.6 Å². The van der Waals surface area contributed by atoms with Crippen LogP contribution >= 0.6 is 0 Å². The van der Waals surface area contributed by atoms with Crippen LogP contribution in [0.1, 0.15) is 29.9 Å². The zero-order valence-corrected chi connectivity index (χ0v) is 18.9. The van der Waals surface area contributed by atoms with Crippen molar-refractivity contribution < 1.29 is 19.4 Å². The molecule has 0 radical (unpaired) electrons. The number of ether oxygens (including phenoxy) is 1. The standard InChI is InChI=1S/C26H27N3O4/c1-26(2,32)14-20-11-9-19(15-27-20)18-10-12-23-22(13-18)29(3)25(31)21(16-33-23)28-24(30)17-7-5-4-6-8-17/h4-13,15,21,32H,14,16H2,1-3H3,(H,28,30). The Morgan fingerprint density at radius 2 is 1.88 bits per heavy atom. The maximum absolute atomic E-state index is 13.1. The molecule has 0 spiro atoms. The van der Waals surface area contributed by atoms with E-state index in [4.69, 9.17) is 4.74 Å². The van der Waals surface area contributed by atoms with Gasteiger partial charge in [-0.25, -0.2) is 0 Å². The molecule has 0 saturated carbocycles. The van der Waals surface area contributed by atoms with Gasteiger partial charge in [0.2, 0.25) is 0 Å². The molecule has 1 unspecified atom stereocenters. The molecule has 1 aliphatic rings. The van der Waals surface area contributed by atoms with E-state index in [1.165, 1.54) is 4.90 Å². The number of rotatable bonds is 5. The lowest BCUT2D eigenvalue weighted by molar-refractivity contribution is -0.120. The van der Waals surface area contributed by atoms with E-state index in [1.807, 2.05) is 36.4 Å². The summed E-state index contributed by atoms with van der Waals surface area (Å²) in [6.45, 7) is 3.54. The maximum Gasteiger partial charge on any atom is 0.252 e. The van der Waals surface area contributed by atoms with Crippen molar-refractivity contribution in [2.24, 2.45) is 0 Å². The molecule has 4 rings (SSSR count). The molecule has 1 atom stereocenters. The number of carbonyl (C=O) groups excluding carboxylic acids is 2. The summed E-state index contributed by atoms with van der Waals surface area (Å²) in [7, 11) is 1.67. The minimum atomic E-state index is -0.828. The third-order valence-electron chi connectivity index (χ3n) is 5.47.